The van der Waals surface area contributed by atoms with Crippen LogP contribution in [-0.4, -0.2) is 24.6 Å². The van der Waals surface area contributed by atoms with Crippen LogP contribution in [0.4, 0.5) is 8.78 Å². The Morgan fingerprint density at radius 1 is 0.875 bits per heavy atom. The highest BCUT2D eigenvalue weighted by Gasteiger charge is 2.45. The molecule has 0 N–H and O–H groups in total. The molecule has 32 heavy (non-hydrogen) atoms. The molecule has 3 aliphatic rings. The van der Waals surface area contributed by atoms with Gasteiger partial charge in [0, 0.05) is 0 Å². The third-order valence-corrected chi connectivity index (χ3v) is 8.57. The molecule has 182 valence electrons. The zero-order chi connectivity index (χ0) is 22.9. The van der Waals surface area contributed by atoms with Gasteiger partial charge >= 0.3 is 0 Å². The van der Waals surface area contributed by atoms with Gasteiger partial charge in [-0.3, -0.25) is 0 Å². The summed E-state index contributed by atoms with van der Waals surface area (Å²) in [7, 11) is 0. The van der Waals surface area contributed by atoms with E-state index in [1.807, 2.05) is 0 Å². The van der Waals surface area contributed by atoms with Crippen LogP contribution in [0.25, 0.3) is 0 Å². The first-order chi connectivity index (χ1) is 15.6. The normalized spacial score (nSPS) is 32.6. The first kappa shape index (κ1) is 26.0. The molecule has 2 radical (unpaired) electrons. The Labute approximate surface area is 196 Å². The Morgan fingerprint density at radius 3 is 2.19 bits per heavy atom. The number of ether oxygens (including phenoxy) is 1. The monoisotopic (exact) mass is 448 g/mol. The number of hydrogen-bond acceptors (Lipinski definition) is 1. The molecule has 0 aromatic rings. The number of unbranched alkanes of at least 4 members (excludes halogenated alkanes) is 2. The van der Waals surface area contributed by atoms with Crippen molar-refractivity contribution in [2.45, 2.75) is 141 Å². The summed E-state index contributed by atoms with van der Waals surface area (Å²) in [5.74, 6) is 7.14. The second-order valence-corrected chi connectivity index (χ2v) is 10.7. The molecule has 3 fully saturated rings. The summed E-state index contributed by atoms with van der Waals surface area (Å²) in [5.41, 5.74) is 0. The zero-order valence-electron chi connectivity index (χ0n) is 20.6. The van der Waals surface area contributed by atoms with Crippen molar-refractivity contribution in [1.82, 2.24) is 0 Å². The molecule has 5 unspecified atom stereocenters. The number of alkyl halides is 2. The Kier molecular flexibility index (Phi) is 10.8. The Balaban J connectivity index is 1.42. The minimum atomic E-state index is -1.55. The van der Waals surface area contributed by atoms with E-state index >= 15 is 8.78 Å². The van der Waals surface area contributed by atoms with Gasteiger partial charge in [0.05, 0.1) is 6.10 Å². The maximum atomic E-state index is 15.2. The molecular formula is C29H46F2O. The minimum absolute atomic E-state index is 0.222. The Morgan fingerprint density at radius 2 is 1.56 bits per heavy atom. The largest absolute Gasteiger partial charge is 0.359 e. The second kappa shape index (κ2) is 13.3. The maximum Gasteiger partial charge on any atom is 0.157 e. The predicted molar refractivity (Wildman–Crippen MR) is 129 cm³/mol. The molecule has 0 saturated heterocycles. The van der Waals surface area contributed by atoms with Crippen molar-refractivity contribution in [2.75, 3.05) is 0 Å². The van der Waals surface area contributed by atoms with Crippen LogP contribution in [0.1, 0.15) is 117 Å². The Bertz CT molecular complexity index is 556. The van der Waals surface area contributed by atoms with Crippen LogP contribution in [0.3, 0.4) is 0 Å². The predicted octanol–water partition coefficient (Wildman–Crippen LogP) is 8.37. The Hall–Kier alpha value is -0.620. The lowest BCUT2D eigenvalue weighted by molar-refractivity contribution is -0.0911. The quantitative estimate of drug-likeness (QED) is 0.241. The fourth-order valence-electron chi connectivity index (χ4n) is 6.56. The van der Waals surface area contributed by atoms with Gasteiger partial charge in [-0.05, 0) is 107 Å². The molecule has 0 aliphatic heterocycles. The van der Waals surface area contributed by atoms with Crippen molar-refractivity contribution < 1.29 is 13.5 Å². The van der Waals surface area contributed by atoms with Crippen LogP contribution in [0, 0.1) is 41.9 Å². The van der Waals surface area contributed by atoms with Gasteiger partial charge in [0.1, 0.15) is 12.3 Å². The summed E-state index contributed by atoms with van der Waals surface area (Å²) in [6.07, 6.45) is 19.1. The lowest BCUT2D eigenvalue weighted by Crippen LogP contribution is -2.46. The second-order valence-electron chi connectivity index (χ2n) is 10.7. The van der Waals surface area contributed by atoms with Gasteiger partial charge in [-0.15, -0.1) is 6.42 Å². The molecule has 0 amide bonds. The minimum Gasteiger partial charge on any atom is -0.359 e. The van der Waals surface area contributed by atoms with Crippen molar-refractivity contribution in [1.29, 1.82) is 0 Å². The molecule has 3 aliphatic carbocycles. The molecule has 0 heterocycles. The number of halogens is 2. The third kappa shape index (κ3) is 6.94. The molecule has 0 aromatic carbocycles. The molecule has 3 saturated carbocycles. The van der Waals surface area contributed by atoms with Gasteiger partial charge in [0.2, 0.25) is 0 Å². The fraction of sp³-hybridized carbons (Fsp3) is 0.862. The van der Waals surface area contributed by atoms with Crippen molar-refractivity contribution in [3.05, 3.63) is 11.8 Å². The van der Waals surface area contributed by atoms with Crippen molar-refractivity contribution in [3.8, 4) is 12.3 Å². The van der Waals surface area contributed by atoms with Gasteiger partial charge in [-0.1, -0.05) is 45.5 Å². The topological polar surface area (TPSA) is 9.23 Å². The summed E-state index contributed by atoms with van der Waals surface area (Å²) in [5, 5.41) is 0. The first-order valence-electron chi connectivity index (χ1n) is 13.7. The van der Waals surface area contributed by atoms with Crippen LogP contribution in [0.5, 0.6) is 0 Å². The number of rotatable bonds is 10. The smallest absolute Gasteiger partial charge is 0.157 e. The average Bonchev–Trinajstić information content (AvgIpc) is 2.82. The van der Waals surface area contributed by atoms with Gasteiger partial charge in [0.15, 0.2) is 6.17 Å². The van der Waals surface area contributed by atoms with Crippen LogP contribution in [0.2, 0.25) is 0 Å². The summed E-state index contributed by atoms with van der Waals surface area (Å²) in [4.78, 5) is 0. The standard InChI is InChI=1S/C29H46F2O/c1-4-7-8-10-25(6-3)32-27-20-19-26(28(30)29(27)31)24-17-15-23(16-18-24)22-13-11-21(9-5-2)12-14-22/h3,21,23,25-29H,4-5,7-20H2,1-2H3. The van der Waals surface area contributed by atoms with E-state index in [1.165, 1.54) is 44.4 Å². The number of hydrogen-bond donors (Lipinski definition) is 0. The van der Waals surface area contributed by atoms with E-state index in [9.17, 15) is 0 Å². The molecule has 0 aromatic heterocycles. The van der Waals surface area contributed by atoms with E-state index in [1.54, 1.807) is 5.92 Å². The highest BCUT2D eigenvalue weighted by molar-refractivity contribution is 5.11. The van der Waals surface area contributed by atoms with E-state index in [0.29, 0.717) is 12.8 Å². The molecule has 3 heteroatoms. The average molecular weight is 449 g/mol. The van der Waals surface area contributed by atoms with Crippen molar-refractivity contribution in [3.63, 3.8) is 0 Å². The fourth-order valence-corrected chi connectivity index (χ4v) is 6.56. The van der Waals surface area contributed by atoms with E-state index < -0.39 is 18.4 Å². The highest BCUT2D eigenvalue weighted by Crippen LogP contribution is 2.48. The molecule has 3 rings (SSSR count). The summed E-state index contributed by atoms with van der Waals surface area (Å²) >= 11 is 0. The number of terminal acetylenes is 1. The highest BCUT2D eigenvalue weighted by atomic mass is 19.2. The van der Waals surface area contributed by atoms with E-state index in [4.69, 9.17) is 11.2 Å². The molecular weight excluding hydrogens is 402 g/mol. The summed E-state index contributed by atoms with van der Waals surface area (Å²) < 4.78 is 36.0. The molecule has 1 nitrogen and oxygen atoms in total. The molecule has 0 spiro atoms. The SMILES string of the molecule is C#CC(CCCCC)OC1CCC([C]2CCC([C]3CCC(CCC)CC3)CC2)C(F)C1F. The van der Waals surface area contributed by atoms with Gasteiger partial charge in [-0.2, -0.15) is 0 Å². The van der Waals surface area contributed by atoms with Gasteiger partial charge in [0.25, 0.3) is 0 Å². The van der Waals surface area contributed by atoms with E-state index in [0.717, 1.165) is 63.2 Å². The lowest BCUT2D eigenvalue weighted by atomic mass is 9.65. The van der Waals surface area contributed by atoms with Crippen LogP contribution >= 0.6 is 0 Å². The summed E-state index contributed by atoms with van der Waals surface area (Å²) in [6, 6.07) is 0. The van der Waals surface area contributed by atoms with Gasteiger partial charge < -0.3 is 4.74 Å². The lowest BCUT2D eigenvalue weighted by Gasteiger charge is -2.43. The van der Waals surface area contributed by atoms with Crippen molar-refractivity contribution in [2.24, 2.45) is 17.8 Å². The summed E-state index contributed by atoms with van der Waals surface area (Å²) in [6.45, 7) is 4.43. The van der Waals surface area contributed by atoms with Crippen LogP contribution in [0.15, 0.2) is 0 Å². The first-order valence-corrected chi connectivity index (χ1v) is 13.7. The van der Waals surface area contributed by atoms with E-state index in [2.05, 4.69) is 19.8 Å². The third-order valence-electron chi connectivity index (χ3n) is 8.57. The van der Waals surface area contributed by atoms with Crippen LogP contribution in [-0.2, 0) is 4.74 Å². The zero-order valence-corrected chi connectivity index (χ0v) is 20.6. The van der Waals surface area contributed by atoms with Gasteiger partial charge in [-0.25, -0.2) is 8.78 Å². The molecule has 5 atom stereocenters. The van der Waals surface area contributed by atoms with E-state index in [-0.39, 0.29) is 12.0 Å². The van der Waals surface area contributed by atoms with Crippen LogP contribution < -0.4 is 0 Å². The maximum absolute atomic E-state index is 15.2. The molecule has 0 bridgehead atoms. The van der Waals surface area contributed by atoms with Crippen molar-refractivity contribution >= 4 is 0 Å².